The third-order valence-corrected chi connectivity index (χ3v) is 4.32. The maximum atomic E-state index is 13.1. The molecule has 148 valence electrons. The molecule has 0 atom stereocenters. The Labute approximate surface area is 161 Å². The van der Waals surface area contributed by atoms with E-state index >= 15 is 0 Å². The Hall–Kier alpha value is -3.36. The van der Waals surface area contributed by atoms with Gasteiger partial charge in [0.25, 0.3) is 0 Å². The molecule has 0 fully saturated rings. The van der Waals surface area contributed by atoms with Crippen molar-refractivity contribution >= 4 is 17.1 Å². The van der Waals surface area contributed by atoms with Crippen molar-refractivity contribution in [1.29, 1.82) is 0 Å². The number of hydrogen-bond donors (Lipinski definition) is 1. The van der Waals surface area contributed by atoms with Crippen LogP contribution in [0.3, 0.4) is 0 Å². The van der Waals surface area contributed by atoms with Gasteiger partial charge in [-0.3, -0.25) is 14.1 Å². The predicted octanol–water partition coefficient (Wildman–Crippen LogP) is 2.01. The first-order valence-corrected chi connectivity index (χ1v) is 8.75. The molecule has 0 amide bonds. The summed E-state index contributed by atoms with van der Waals surface area (Å²) in [5.74, 6) is 0.0177. The molecule has 9 nitrogen and oxygen atoms in total. The second-order valence-electron chi connectivity index (χ2n) is 6.74. The summed E-state index contributed by atoms with van der Waals surface area (Å²) in [4.78, 5) is 33.0. The van der Waals surface area contributed by atoms with Crippen LogP contribution in [0.15, 0.2) is 29.3 Å². The Balaban J connectivity index is 2.22. The monoisotopic (exact) mass is 386 g/mol. The quantitative estimate of drug-likeness (QED) is 0.662. The van der Waals surface area contributed by atoms with Crippen LogP contribution in [-0.2, 0) is 13.1 Å². The molecule has 0 unspecified atom stereocenters. The first-order valence-electron chi connectivity index (χ1n) is 8.75. The Morgan fingerprint density at radius 1 is 1.21 bits per heavy atom. The van der Waals surface area contributed by atoms with Gasteiger partial charge < -0.3 is 14.6 Å². The fourth-order valence-electron chi connectivity index (χ4n) is 3.10. The van der Waals surface area contributed by atoms with E-state index in [2.05, 4.69) is 9.97 Å². The number of aromatic nitrogens is 4. The number of ether oxygens (including phenoxy) is 2. The van der Waals surface area contributed by atoms with Crippen molar-refractivity contribution in [3.63, 3.8) is 0 Å². The van der Waals surface area contributed by atoms with Crippen molar-refractivity contribution in [2.45, 2.75) is 26.9 Å². The summed E-state index contributed by atoms with van der Waals surface area (Å²) in [6.07, 6.45) is 2.83. The van der Waals surface area contributed by atoms with E-state index in [1.807, 2.05) is 13.8 Å². The van der Waals surface area contributed by atoms with Crippen molar-refractivity contribution in [2.24, 2.45) is 5.92 Å². The molecule has 0 aliphatic heterocycles. The summed E-state index contributed by atoms with van der Waals surface area (Å²) < 4.78 is 13.7. The van der Waals surface area contributed by atoms with Gasteiger partial charge in [-0.1, -0.05) is 13.8 Å². The van der Waals surface area contributed by atoms with E-state index in [1.54, 1.807) is 16.8 Å². The van der Waals surface area contributed by atoms with Gasteiger partial charge in [0.15, 0.2) is 17.1 Å². The average molecular weight is 386 g/mol. The Kier molecular flexibility index (Phi) is 5.34. The largest absolute Gasteiger partial charge is 0.493 e. The van der Waals surface area contributed by atoms with Crippen LogP contribution in [0.5, 0.6) is 11.5 Å². The van der Waals surface area contributed by atoms with Crippen LogP contribution in [0.2, 0.25) is 0 Å². The maximum Gasteiger partial charge on any atom is 0.337 e. The zero-order valence-corrected chi connectivity index (χ0v) is 16.2. The highest BCUT2D eigenvalue weighted by Crippen LogP contribution is 2.30. The topological polar surface area (TPSA) is 108 Å². The number of rotatable bonds is 7. The lowest BCUT2D eigenvalue weighted by Crippen LogP contribution is -2.26. The van der Waals surface area contributed by atoms with E-state index in [4.69, 9.17) is 9.47 Å². The van der Waals surface area contributed by atoms with Crippen molar-refractivity contribution < 1.29 is 19.4 Å². The van der Waals surface area contributed by atoms with Crippen molar-refractivity contribution in [2.75, 3.05) is 14.2 Å². The zero-order valence-electron chi connectivity index (χ0n) is 16.2. The molecule has 0 aliphatic carbocycles. The van der Waals surface area contributed by atoms with Gasteiger partial charge in [-0.2, -0.15) is 0 Å². The van der Waals surface area contributed by atoms with Gasteiger partial charge in [0.2, 0.25) is 0 Å². The minimum absolute atomic E-state index is 0.00788. The highest BCUT2D eigenvalue weighted by atomic mass is 16.5. The number of carboxylic acids is 1. The van der Waals surface area contributed by atoms with Crippen molar-refractivity contribution in [3.05, 3.63) is 46.3 Å². The highest BCUT2D eigenvalue weighted by molar-refractivity contribution is 5.91. The summed E-state index contributed by atoms with van der Waals surface area (Å²) in [7, 11) is 3.02. The van der Waals surface area contributed by atoms with Gasteiger partial charge in [-0.25, -0.2) is 14.6 Å². The first-order chi connectivity index (χ1) is 13.4. The van der Waals surface area contributed by atoms with Gasteiger partial charge in [0, 0.05) is 25.0 Å². The molecule has 9 heteroatoms. The Morgan fingerprint density at radius 2 is 1.96 bits per heavy atom. The van der Waals surface area contributed by atoms with Gasteiger partial charge in [-0.05, 0) is 12.0 Å². The number of methoxy groups -OCH3 is 2. The number of pyridine rings is 2. The number of nitrogens with zero attached hydrogens (tertiary/aromatic N) is 4. The number of carboxylic acid groups (broad SMARTS) is 1. The van der Waals surface area contributed by atoms with Gasteiger partial charge in [0.05, 0.1) is 31.8 Å². The van der Waals surface area contributed by atoms with E-state index in [0.29, 0.717) is 34.9 Å². The van der Waals surface area contributed by atoms with E-state index in [9.17, 15) is 14.7 Å². The molecule has 28 heavy (non-hydrogen) atoms. The summed E-state index contributed by atoms with van der Waals surface area (Å²) in [5.41, 5.74) is 1.08. The third-order valence-electron chi connectivity index (χ3n) is 4.32. The lowest BCUT2D eigenvalue weighted by molar-refractivity contribution is 0.0696. The molecular formula is C19H22N4O5. The fraction of sp³-hybridized carbons (Fsp3) is 0.368. The third kappa shape index (κ3) is 3.42. The standard InChI is InChI=1S/C19H22N4O5/c1-11(2)9-23-17-14(7-12(8-21-17)18(24)25)22(19(23)26)10-13-16(28-4)15(27-3)5-6-20-13/h5-8,11H,9-10H2,1-4H3,(H,24,25). The van der Waals surface area contributed by atoms with E-state index in [1.165, 1.54) is 31.0 Å². The molecule has 0 spiro atoms. The average Bonchev–Trinajstić information content (AvgIpc) is 2.92. The van der Waals surface area contributed by atoms with Gasteiger partial charge in [0.1, 0.15) is 5.69 Å². The van der Waals surface area contributed by atoms with Crippen LogP contribution in [0.4, 0.5) is 0 Å². The van der Waals surface area contributed by atoms with Crippen molar-refractivity contribution in [3.8, 4) is 11.5 Å². The normalized spacial score (nSPS) is 11.2. The molecule has 3 heterocycles. The summed E-state index contributed by atoms with van der Waals surface area (Å²) in [6, 6.07) is 3.12. The molecule has 3 aromatic heterocycles. The minimum Gasteiger partial charge on any atom is -0.493 e. The summed E-state index contributed by atoms with van der Waals surface area (Å²) >= 11 is 0. The molecular weight excluding hydrogens is 364 g/mol. The predicted molar refractivity (Wildman–Crippen MR) is 102 cm³/mol. The Bertz CT molecular complexity index is 1080. The Morgan fingerprint density at radius 3 is 2.57 bits per heavy atom. The number of aromatic carboxylic acids is 1. The molecule has 0 bridgehead atoms. The summed E-state index contributed by atoms with van der Waals surface area (Å²) in [6.45, 7) is 4.54. The van der Waals surface area contributed by atoms with Crippen LogP contribution in [0.25, 0.3) is 11.2 Å². The molecule has 0 aliphatic rings. The number of imidazole rings is 1. The van der Waals surface area contributed by atoms with E-state index < -0.39 is 5.97 Å². The second kappa shape index (κ2) is 7.71. The minimum atomic E-state index is -1.11. The fourth-order valence-corrected chi connectivity index (χ4v) is 3.10. The molecule has 3 aromatic rings. The lowest BCUT2D eigenvalue weighted by atomic mass is 10.2. The zero-order chi connectivity index (χ0) is 20.4. The molecule has 0 saturated heterocycles. The van der Waals surface area contributed by atoms with E-state index in [0.717, 1.165) is 0 Å². The number of hydrogen-bond acceptors (Lipinski definition) is 6. The van der Waals surface area contributed by atoms with Crippen LogP contribution in [0.1, 0.15) is 29.9 Å². The van der Waals surface area contributed by atoms with E-state index in [-0.39, 0.29) is 23.7 Å². The lowest BCUT2D eigenvalue weighted by Gasteiger charge is -2.12. The molecule has 3 rings (SSSR count). The number of fused-ring (bicyclic) bond motifs is 1. The molecule has 0 radical (unpaired) electrons. The van der Waals surface area contributed by atoms with Gasteiger partial charge >= 0.3 is 11.7 Å². The number of carbonyl (C=O) groups is 1. The van der Waals surface area contributed by atoms with Gasteiger partial charge in [-0.15, -0.1) is 0 Å². The molecule has 0 saturated carbocycles. The van der Waals surface area contributed by atoms with Crippen molar-refractivity contribution in [1.82, 2.24) is 19.1 Å². The first kappa shape index (κ1) is 19.4. The van der Waals surface area contributed by atoms with Crippen LogP contribution in [0, 0.1) is 5.92 Å². The van der Waals surface area contributed by atoms with Crippen LogP contribution < -0.4 is 15.2 Å². The van der Waals surface area contributed by atoms with Crippen LogP contribution in [-0.4, -0.2) is 44.4 Å². The second-order valence-corrected chi connectivity index (χ2v) is 6.74. The SMILES string of the molecule is COc1ccnc(Cn2c(=O)n(CC(C)C)c3ncc(C(=O)O)cc32)c1OC. The molecule has 0 aromatic carbocycles. The summed E-state index contributed by atoms with van der Waals surface area (Å²) in [5, 5.41) is 9.31. The van der Waals surface area contributed by atoms with Crippen LogP contribution >= 0.6 is 0 Å². The molecule has 1 N–H and O–H groups in total. The smallest absolute Gasteiger partial charge is 0.337 e. The maximum absolute atomic E-state index is 13.1. The highest BCUT2D eigenvalue weighted by Gasteiger charge is 2.20.